The summed E-state index contributed by atoms with van der Waals surface area (Å²) in [6, 6.07) is 7.47. The third-order valence-corrected chi connectivity index (χ3v) is 6.34. The minimum Gasteiger partial charge on any atom is -0.331 e. The van der Waals surface area contributed by atoms with Gasteiger partial charge >= 0.3 is 0 Å². The maximum atomic E-state index is 14.1. The first-order chi connectivity index (χ1) is 12.4. The van der Waals surface area contributed by atoms with Crippen LogP contribution >= 0.6 is 11.3 Å². The van der Waals surface area contributed by atoms with Crippen molar-refractivity contribution in [1.82, 2.24) is 9.62 Å². The third-order valence-electron chi connectivity index (χ3n) is 4.04. The van der Waals surface area contributed by atoms with E-state index in [9.17, 15) is 17.6 Å². The standard InChI is InChI=1S/C18H19FN2O3S2/c1-2-9-20-26(23,24)17-11-13(5-8-16(17)19)18(22)21(14-6-7-14)12-15-4-3-10-25-15/h2-5,8,10-11,14,20H,1,6-7,9,12H2. The molecule has 1 heterocycles. The highest BCUT2D eigenvalue weighted by atomic mass is 32.2. The summed E-state index contributed by atoms with van der Waals surface area (Å²) in [5, 5.41) is 1.94. The molecule has 0 unspecified atom stereocenters. The van der Waals surface area contributed by atoms with Crippen molar-refractivity contribution < 1.29 is 17.6 Å². The first-order valence-electron chi connectivity index (χ1n) is 8.16. The van der Waals surface area contributed by atoms with Gasteiger partial charge in [0, 0.05) is 23.0 Å². The van der Waals surface area contributed by atoms with E-state index in [2.05, 4.69) is 11.3 Å². The predicted molar refractivity (Wildman–Crippen MR) is 99.0 cm³/mol. The molecule has 1 aromatic carbocycles. The van der Waals surface area contributed by atoms with Gasteiger partial charge in [-0.3, -0.25) is 4.79 Å². The summed E-state index contributed by atoms with van der Waals surface area (Å²) >= 11 is 1.56. The lowest BCUT2D eigenvalue weighted by Crippen LogP contribution is -2.32. The molecule has 1 fully saturated rings. The molecule has 2 aromatic rings. The molecule has 1 aliphatic carbocycles. The van der Waals surface area contributed by atoms with E-state index in [-0.39, 0.29) is 24.1 Å². The van der Waals surface area contributed by atoms with Gasteiger partial charge in [-0.2, -0.15) is 0 Å². The molecule has 1 aromatic heterocycles. The maximum absolute atomic E-state index is 14.1. The van der Waals surface area contributed by atoms with Crippen molar-refractivity contribution >= 4 is 27.3 Å². The molecule has 0 spiro atoms. The minimum atomic E-state index is -4.05. The van der Waals surface area contributed by atoms with E-state index in [1.165, 1.54) is 12.1 Å². The van der Waals surface area contributed by atoms with Crippen LogP contribution in [0.25, 0.3) is 0 Å². The zero-order valence-corrected chi connectivity index (χ0v) is 15.7. The highest BCUT2D eigenvalue weighted by Gasteiger charge is 2.34. The molecule has 1 aliphatic rings. The van der Waals surface area contributed by atoms with E-state index in [0.29, 0.717) is 6.54 Å². The van der Waals surface area contributed by atoms with Crippen molar-refractivity contribution in [2.75, 3.05) is 6.54 Å². The average molecular weight is 394 g/mol. The Hall–Kier alpha value is -2.03. The smallest absolute Gasteiger partial charge is 0.254 e. The second kappa shape index (κ2) is 7.69. The Morgan fingerprint density at radius 2 is 2.15 bits per heavy atom. The third kappa shape index (κ3) is 4.20. The molecule has 0 bridgehead atoms. The first-order valence-corrected chi connectivity index (χ1v) is 10.5. The molecule has 138 valence electrons. The van der Waals surface area contributed by atoms with Crippen molar-refractivity contribution in [2.45, 2.75) is 30.3 Å². The van der Waals surface area contributed by atoms with Crippen LogP contribution in [0.2, 0.25) is 0 Å². The van der Waals surface area contributed by atoms with E-state index in [1.807, 2.05) is 17.5 Å². The molecule has 1 N–H and O–H groups in total. The molecule has 0 aliphatic heterocycles. The number of hydrogen-bond acceptors (Lipinski definition) is 4. The van der Waals surface area contributed by atoms with Crippen LogP contribution in [-0.4, -0.2) is 31.8 Å². The molecule has 0 atom stereocenters. The van der Waals surface area contributed by atoms with Gasteiger partial charge in [-0.05, 0) is 42.5 Å². The second-order valence-corrected chi connectivity index (χ2v) is 8.80. The number of rotatable bonds is 8. The van der Waals surface area contributed by atoms with E-state index in [1.54, 1.807) is 16.2 Å². The number of nitrogens with zero attached hydrogens (tertiary/aromatic N) is 1. The van der Waals surface area contributed by atoms with Crippen molar-refractivity contribution in [3.63, 3.8) is 0 Å². The lowest BCUT2D eigenvalue weighted by Gasteiger charge is -2.22. The Balaban J connectivity index is 1.89. The molecule has 5 nitrogen and oxygen atoms in total. The van der Waals surface area contributed by atoms with Crippen molar-refractivity contribution in [1.29, 1.82) is 0 Å². The topological polar surface area (TPSA) is 66.5 Å². The largest absolute Gasteiger partial charge is 0.331 e. The number of carbonyl (C=O) groups excluding carboxylic acids is 1. The Morgan fingerprint density at radius 1 is 1.38 bits per heavy atom. The van der Waals surface area contributed by atoms with Gasteiger partial charge in [0.05, 0.1) is 6.54 Å². The monoisotopic (exact) mass is 394 g/mol. The summed E-state index contributed by atoms with van der Waals surface area (Å²) in [5.74, 6) is -1.18. The van der Waals surface area contributed by atoms with Gasteiger partial charge in [-0.25, -0.2) is 17.5 Å². The van der Waals surface area contributed by atoms with E-state index < -0.39 is 20.7 Å². The molecule has 1 saturated carbocycles. The Morgan fingerprint density at radius 3 is 2.77 bits per heavy atom. The number of nitrogens with one attached hydrogen (secondary N) is 1. The van der Waals surface area contributed by atoms with Crippen LogP contribution in [0.1, 0.15) is 28.1 Å². The molecule has 8 heteroatoms. The average Bonchev–Trinajstić information content (AvgIpc) is 3.33. The van der Waals surface area contributed by atoms with E-state index in [4.69, 9.17) is 0 Å². The van der Waals surface area contributed by atoms with Crippen molar-refractivity contribution in [3.05, 3.63) is 64.6 Å². The number of amides is 1. The van der Waals surface area contributed by atoms with Crippen LogP contribution < -0.4 is 4.72 Å². The summed E-state index contributed by atoms with van der Waals surface area (Å²) < 4.78 is 40.8. The zero-order chi connectivity index (χ0) is 18.7. The predicted octanol–water partition coefficient (Wildman–Crippen LogP) is 3.16. The van der Waals surface area contributed by atoms with Crippen LogP contribution in [0, 0.1) is 5.82 Å². The fraction of sp³-hybridized carbons (Fsp3) is 0.278. The summed E-state index contributed by atoms with van der Waals surface area (Å²) in [7, 11) is -4.05. The van der Waals surface area contributed by atoms with Gasteiger partial charge in [0.1, 0.15) is 10.7 Å². The van der Waals surface area contributed by atoms with Gasteiger partial charge in [-0.1, -0.05) is 12.1 Å². The lowest BCUT2D eigenvalue weighted by atomic mass is 10.2. The molecular formula is C18H19FN2O3S2. The molecule has 1 amide bonds. The Bertz CT molecular complexity index is 907. The highest BCUT2D eigenvalue weighted by molar-refractivity contribution is 7.89. The van der Waals surface area contributed by atoms with Crippen molar-refractivity contribution in [3.8, 4) is 0 Å². The molecule has 0 radical (unpaired) electrons. The normalized spacial score (nSPS) is 14.2. The minimum absolute atomic E-state index is 0.0213. The Labute approximate surface area is 156 Å². The number of carbonyl (C=O) groups is 1. The number of benzene rings is 1. The van der Waals surface area contributed by atoms with Gasteiger partial charge in [0.15, 0.2) is 0 Å². The van der Waals surface area contributed by atoms with Gasteiger partial charge in [-0.15, -0.1) is 17.9 Å². The van der Waals surface area contributed by atoms with Gasteiger partial charge in [0.25, 0.3) is 5.91 Å². The zero-order valence-electron chi connectivity index (χ0n) is 14.0. The van der Waals surface area contributed by atoms with Gasteiger partial charge < -0.3 is 4.90 Å². The first kappa shape index (κ1) is 18.8. The summed E-state index contributed by atoms with van der Waals surface area (Å²) in [4.78, 5) is 15.2. The summed E-state index contributed by atoms with van der Waals surface area (Å²) in [5.41, 5.74) is 0.161. The molecular weight excluding hydrogens is 375 g/mol. The number of sulfonamides is 1. The summed E-state index contributed by atoms with van der Waals surface area (Å²) in [6.07, 6.45) is 3.20. The maximum Gasteiger partial charge on any atom is 0.254 e. The summed E-state index contributed by atoms with van der Waals surface area (Å²) in [6.45, 7) is 3.88. The number of hydrogen-bond donors (Lipinski definition) is 1. The fourth-order valence-corrected chi connectivity index (χ4v) is 4.38. The second-order valence-electron chi connectivity index (χ2n) is 6.03. The lowest BCUT2D eigenvalue weighted by molar-refractivity contribution is 0.0731. The fourth-order valence-electron chi connectivity index (χ4n) is 2.58. The highest BCUT2D eigenvalue weighted by Crippen LogP contribution is 2.31. The van der Waals surface area contributed by atoms with Crippen molar-refractivity contribution in [2.24, 2.45) is 0 Å². The number of halogens is 1. The van der Waals surface area contributed by atoms with Crippen LogP contribution in [0.15, 0.2) is 53.3 Å². The van der Waals surface area contributed by atoms with E-state index in [0.717, 1.165) is 29.9 Å². The SMILES string of the molecule is C=CCNS(=O)(=O)c1cc(C(=O)N(Cc2cccs2)C2CC2)ccc1F. The Kier molecular flexibility index (Phi) is 5.55. The van der Waals surface area contributed by atoms with Crippen LogP contribution in [0.4, 0.5) is 4.39 Å². The molecule has 0 saturated heterocycles. The quantitative estimate of drug-likeness (QED) is 0.700. The molecule has 26 heavy (non-hydrogen) atoms. The van der Waals surface area contributed by atoms with Crippen LogP contribution in [0.5, 0.6) is 0 Å². The molecule has 3 rings (SSSR count). The van der Waals surface area contributed by atoms with Crippen LogP contribution in [0.3, 0.4) is 0 Å². The van der Waals surface area contributed by atoms with Crippen LogP contribution in [-0.2, 0) is 16.6 Å². The van der Waals surface area contributed by atoms with Gasteiger partial charge in [0.2, 0.25) is 10.0 Å². The number of thiophene rings is 1. The van der Waals surface area contributed by atoms with E-state index >= 15 is 0 Å².